The topological polar surface area (TPSA) is 58.6 Å². The third kappa shape index (κ3) is 3.70. The van der Waals surface area contributed by atoms with E-state index < -0.39 is 17.8 Å². The zero-order chi connectivity index (χ0) is 14.0. The number of rotatable bonds is 1. The Morgan fingerprint density at radius 1 is 1.42 bits per heavy atom. The Kier molecular flexibility index (Phi) is 3.80. The van der Waals surface area contributed by atoms with Crippen molar-refractivity contribution in [3.63, 3.8) is 0 Å². The Morgan fingerprint density at radius 2 is 2.16 bits per heavy atom. The highest BCUT2D eigenvalue weighted by molar-refractivity contribution is 5.85. The molecule has 2 N–H and O–H groups in total. The summed E-state index contributed by atoms with van der Waals surface area (Å²) in [6, 6.07) is 5.65. The van der Waals surface area contributed by atoms with Crippen LogP contribution in [0.2, 0.25) is 0 Å². The smallest absolute Gasteiger partial charge is 0.412 e. The zero-order valence-electron chi connectivity index (χ0n) is 11.7. The van der Waals surface area contributed by atoms with Crippen LogP contribution in [0.1, 0.15) is 50.8 Å². The zero-order valence-corrected chi connectivity index (χ0v) is 11.7. The van der Waals surface area contributed by atoms with E-state index in [2.05, 4.69) is 5.32 Å². The second kappa shape index (κ2) is 5.21. The fourth-order valence-electron chi connectivity index (χ4n) is 2.27. The number of aliphatic hydroxyl groups is 1. The largest absolute Gasteiger partial charge is 0.444 e. The average molecular weight is 263 g/mol. The van der Waals surface area contributed by atoms with E-state index in [1.54, 1.807) is 0 Å². The van der Waals surface area contributed by atoms with Crippen molar-refractivity contribution in [3.8, 4) is 0 Å². The SMILES string of the molecule is CC(C)(C)OC(=O)Nc1ccc2c(c1)[C@@H](O)CCC2. The van der Waals surface area contributed by atoms with E-state index in [-0.39, 0.29) is 0 Å². The maximum atomic E-state index is 11.7. The molecule has 104 valence electrons. The van der Waals surface area contributed by atoms with Crippen LogP contribution in [-0.4, -0.2) is 16.8 Å². The number of benzene rings is 1. The normalized spacial score (nSPS) is 18.6. The van der Waals surface area contributed by atoms with Crippen molar-refractivity contribution in [3.05, 3.63) is 29.3 Å². The number of carbonyl (C=O) groups excluding carboxylic acids is 1. The second-order valence-electron chi connectivity index (χ2n) is 5.95. The van der Waals surface area contributed by atoms with Gasteiger partial charge in [0.05, 0.1) is 6.10 Å². The number of anilines is 1. The minimum absolute atomic E-state index is 0.427. The van der Waals surface area contributed by atoms with Crippen LogP contribution in [0.25, 0.3) is 0 Å². The minimum atomic E-state index is -0.516. The molecule has 1 aliphatic carbocycles. The molecule has 1 amide bonds. The Balaban J connectivity index is 2.10. The average Bonchev–Trinajstić information content (AvgIpc) is 2.27. The molecule has 2 rings (SSSR count). The summed E-state index contributed by atoms with van der Waals surface area (Å²) in [6.45, 7) is 5.47. The molecule has 0 bridgehead atoms. The fourth-order valence-corrected chi connectivity index (χ4v) is 2.27. The molecule has 4 nitrogen and oxygen atoms in total. The standard InChI is InChI=1S/C15H21NO3/c1-15(2,3)19-14(18)16-11-8-7-10-5-4-6-13(17)12(10)9-11/h7-9,13,17H,4-6H2,1-3H3,(H,16,18)/t13-/m0/s1. The van der Waals surface area contributed by atoms with Gasteiger partial charge in [0, 0.05) is 5.69 Å². The third-order valence-corrected chi connectivity index (χ3v) is 3.07. The Morgan fingerprint density at radius 3 is 2.84 bits per heavy atom. The van der Waals surface area contributed by atoms with Crippen LogP contribution < -0.4 is 5.32 Å². The molecule has 0 spiro atoms. The summed E-state index contributed by atoms with van der Waals surface area (Å²) in [4.78, 5) is 11.7. The Bertz CT molecular complexity index is 477. The molecule has 1 aliphatic rings. The van der Waals surface area contributed by atoms with Gasteiger partial charge < -0.3 is 9.84 Å². The molecular formula is C15H21NO3. The second-order valence-corrected chi connectivity index (χ2v) is 5.95. The highest BCUT2D eigenvalue weighted by atomic mass is 16.6. The van der Waals surface area contributed by atoms with Crippen LogP contribution in [-0.2, 0) is 11.2 Å². The van der Waals surface area contributed by atoms with Gasteiger partial charge in [0.15, 0.2) is 0 Å². The Hall–Kier alpha value is -1.55. The molecule has 0 aromatic heterocycles. The van der Waals surface area contributed by atoms with Gasteiger partial charge in [0.25, 0.3) is 0 Å². The summed E-state index contributed by atoms with van der Waals surface area (Å²) in [7, 11) is 0. The van der Waals surface area contributed by atoms with E-state index in [1.807, 2.05) is 39.0 Å². The minimum Gasteiger partial charge on any atom is -0.444 e. The molecule has 0 radical (unpaired) electrons. The van der Waals surface area contributed by atoms with Crippen molar-refractivity contribution in [1.82, 2.24) is 0 Å². The van der Waals surface area contributed by atoms with Gasteiger partial charge in [-0.15, -0.1) is 0 Å². The number of aryl methyl sites for hydroxylation is 1. The van der Waals surface area contributed by atoms with Gasteiger partial charge in [-0.3, -0.25) is 5.32 Å². The predicted molar refractivity (Wildman–Crippen MR) is 74.2 cm³/mol. The van der Waals surface area contributed by atoms with E-state index in [1.165, 1.54) is 0 Å². The van der Waals surface area contributed by atoms with Crippen molar-refractivity contribution >= 4 is 11.8 Å². The lowest BCUT2D eigenvalue weighted by molar-refractivity contribution is 0.0635. The van der Waals surface area contributed by atoms with Crippen molar-refractivity contribution < 1.29 is 14.6 Å². The van der Waals surface area contributed by atoms with Crippen LogP contribution >= 0.6 is 0 Å². The number of hydrogen-bond acceptors (Lipinski definition) is 3. The summed E-state index contributed by atoms with van der Waals surface area (Å²) in [6.07, 6.45) is 1.87. The molecule has 0 unspecified atom stereocenters. The quantitative estimate of drug-likeness (QED) is 0.816. The summed E-state index contributed by atoms with van der Waals surface area (Å²) in [5, 5.41) is 12.7. The molecule has 1 aromatic rings. The van der Waals surface area contributed by atoms with Crippen LogP contribution in [0, 0.1) is 0 Å². The number of amides is 1. The number of fused-ring (bicyclic) bond motifs is 1. The van der Waals surface area contributed by atoms with Gasteiger partial charge in [0.1, 0.15) is 5.60 Å². The van der Waals surface area contributed by atoms with Crippen LogP contribution in [0.3, 0.4) is 0 Å². The summed E-state index contributed by atoms with van der Waals surface area (Å²) in [5.74, 6) is 0. The van der Waals surface area contributed by atoms with E-state index in [0.717, 1.165) is 30.4 Å². The van der Waals surface area contributed by atoms with Gasteiger partial charge in [0.2, 0.25) is 0 Å². The molecular weight excluding hydrogens is 242 g/mol. The molecule has 19 heavy (non-hydrogen) atoms. The van der Waals surface area contributed by atoms with Gasteiger partial charge in [-0.1, -0.05) is 6.07 Å². The monoisotopic (exact) mass is 263 g/mol. The van der Waals surface area contributed by atoms with Crippen molar-refractivity contribution in [1.29, 1.82) is 0 Å². The molecule has 0 fully saturated rings. The molecule has 0 aliphatic heterocycles. The number of hydrogen-bond donors (Lipinski definition) is 2. The first-order valence-corrected chi connectivity index (χ1v) is 6.66. The molecule has 0 heterocycles. The number of nitrogens with one attached hydrogen (secondary N) is 1. The molecule has 0 saturated heterocycles. The lowest BCUT2D eigenvalue weighted by Crippen LogP contribution is -2.27. The first-order chi connectivity index (χ1) is 8.85. The first kappa shape index (κ1) is 13.9. The predicted octanol–water partition coefficient (Wildman–Crippen LogP) is 3.40. The van der Waals surface area contributed by atoms with E-state index in [9.17, 15) is 9.90 Å². The Labute approximate surface area is 113 Å². The molecule has 1 aromatic carbocycles. The first-order valence-electron chi connectivity index (χ1n) is 6.66. The summed E-state index contributed by atoms with van der Waals surface area (Å²) in [5.41, 5.74) is 2.22. The van der Waals surface area contributed by atoms with E-state index >= 15 is 0 Å². The number of carbonyl (C=O) groups is 1. The highest BCUT2D eigenvalue weighted by Gasteiger charge is 2.20. The summed E-state index contributed by atoms with van der Waals surface area (Å²) < 4.78 is 5.20. The lowest BCUT2D eigenvalue weighted by Gasteiger charge is -2.23. The van der Waals surface area contributed by atoms with Crippen molar-refractivity contribution in [2.45, 2.75) is 51.7 Å². The van der Waals surface area contributed by atoms with Crippen LogP contribution in [0.4, 0.5) is 10.5 Å². The highest BCUT2D eigenvalue weighted by Crippen LogP contribution is 2.31. The fraction of sp³-hybridized carbons (Fsp3) is 0.533. The molecule has 4 heteroatoms. The summed E-state index contributed by atoms with van der Waals surface area (Å²) >= 11 is 0. The van der Waals surface area contributed by atoms with E-state index in [0.29, 0.717) is 5.69 Å². The third-order valence-electron chi connectivity index (χ3n) is 3.07. The number of aliphatic hydroxyl groups excluding tert-OH is 1. The lowest BCUT2D eigenvalue weighted by atomic mass is 9.89. The maximum absolute atomic E-state index is 11.7. The number of ether oxygens (including phenoxy) is 1. The van der Waals surface area contributed by atoms with Gasteiger partial charge in [-0.2, -0.15) is 0 Å². The van der Waals surface area contributed by atoms with Crippen molar-refractivity contribution in [2.75, 3.05) is 5.32 Å². The van der Waals surface area contributed by atoms with Gasteiger partial charge in [-0.05, 0) is 63.3 Å². The maximum Gasteiger partial charge on any atom is 0.412 e. The van der Waals surface area contributed by atoms with Gasteiger partial charge >= 0.3 is 6.09 Å². The molecule has 0 saturated carbocycles. The molecule has 1 atom stereocenters. The van der Waals surface area contributed by atoms with Gasteiger partial charge in [-0.25, -0.2) is 4.79 Å². The van der Waals surface area contributed by atoms with E-state index in [4.69, 9.17) is 4.74 Å². The van der Waals surface area contributed by atoms with Crippen LogP contribution in [0.5, 0.6) is 0 Å². The van der Waals surface area contributed by atoms with Crippen molar-refractivity contribution in [2.24, 2.45) is 0 Å². The van der Waals surface area contributed by atoms with Crippen LogP contribution in [0.15, 0.2) is 18.2 Å².